The molecule has 2 aromatic rings. The topological polar surface area (TPSA) is 74.3 Å². The molecule has 1 atom stereocenters. The van der Waals surface area contributed by atoms with E-state index < -0.39 is 12.0 Å². The zero-order valence-corrected chi connectivity index (χ0v) is 15.5. The predicted octanol–water partition coefficient (Wildman–Crippen LogP) is 2.52. The van der Waals surface area contributed by atoms with Crippen molar-refractivity contribution in [1.29, 1.82) is 0 Å². The molecule has 0 aliphatic rings. The number of ether oxygens (including phenoxy) is 1. The fourth-order valence-corrected chi connectivity index (χ4v) is 3.41. The number of benzene rings is 1. The summed E-state index contributed by atoms with van der Waals surface area (Å²) in [4.78, 5) is 23.5. The molecule has 0 bridgehead atoms. The van der Waals surface area contributed by atoms with Crippen LogP contribution in [-0.4, -0.2) is 21.9 Å². The van der Waals surface area contributed by atoms with E-state index in [4.69, 9.17) is 5.73 Å². The summed E-state index contributed by atoms with van der Waals surface area (Å²) in [6.45, 7) is 0. The molecule has 1 unspecified atom stereocenters. The lowest BCUT2D eigenvalue weighted by Gasteiger charge is -2.10. The number of carbonyl (C=O) groups excluding carboxylic acids is 1. The van der Waals surface area contributed by atoms with Crippen LogP contribution in [0, 0.1) is 0 Å². The van der Waals surface area contributed by atoms with Gasteiger partial charge in [0, 0.05) is 16.2 Å². The van der Waals surface area contributed by atoms with Crippen LogP contribution < -0.4 is 11.3 Å². The number of nitrogens with two attached hydrogens (primary N) is 1. The van der Waals surface area contributed by atoms with Crippen LogP contribution in [0.4, 0.5) is 0 Å². The van der Waals surface area contributed by atoms with Crippen molar-refractivity contribution in [2.24, 2.45) is 5.73 Å². The highest BCUT2D eigenvalue weighted by Gasteiger charge is 2.14. The molecule has 0 aliphatic carbocycles. The zero-order valence-electron chi connectivity index (χ0n) is 11.8. The minimum Gasteiger partial charge on any atom is -0.468 e. The molecule has 7 heteroatoms. The zero-order chi connectivity index (χ0) is 16.3. The highest BCUT2D eigenvalue weighted by Crippen LogP contribution is 2.21. The molecule has 0 saturated heterocycles. The summed E-state index contributed by atoms with van der Waals surface area (Å²) in [6.07, 6.45) is 2.10. The number of aromatic nitrogens is 1. The van der Waals surface area contributed by atoms with Crippen molar-refractivity contribution in [3.63, 3.8) is 0 Å². The fraction of sp³-hybridized carbons (Fsp3) is 0.200. The molecule has 1 heterocycles. The Morgan fingerprint density at radius 2 is 2.05 bits per heavy atom. The van der Waals surface area contributed by atoms with Crippen LogP contribution in [0.3, 0.4) is 0 Å². The SMILES string of the molecule is COC(=O)C(N)Cc1ccc(-c2cc(Br)cn(I)c2=O)cc1. The first kappa shape index (κ1) is 17.2. The minimum atomic E-state index is -0.687. The molecule has 0 saturated carbocycles. The van der Waals surface area contributed by atoms with Crippen LogP contribution in [0.5, 0.6) is 0 Å². The lowest BCUT2D eigenvalue weighted by molar-refractivity contribution is -0.142. The average Bonchev–Trinajstić information content (AvgIpc) is 2.50. The Bertz CT molecular complexity index is 743. The summed E-state index contributed by atoms with van der Waals surface area (Å²) in [7, 11) is 1.31. The second-order valence-corrected chi connectivity index (χ2v) is 6.67. The van der Waals surface area contributed by atoms with Gasteiger partial charge in [-0.05, 0) is 39.5 Å². The Balaban J connectivity index is 2.26. The maximum atomic E-state index is 12.2. The molecule has 116 valence electrons. The Morgan fingerprint density at radius 3 is 2.64 bits per heavy atom. The van der Waals surface area contributed by atoms with Crippen molar-refractivity contribution in [1.82, 2.24) is 2.78 Å². The maximum absolute atomic E-state index is 12.2. The lowest BCUT2D eigenvalue weighted by atomic mass is 10.0. The normalized spacial score (nSPS) is 12.0. The number of halogens is 2. The molecule has 0 amide bonds. The summed E-state index contributed by atoms with van der Waals surface area (Å²) < 4.78 is 6.93. The fourth-order valence-electron chi connectivity index (χ4n) is 2.03. The molecule has 2 N–H and O–H groups in total. The van der Waals surface area contributed by atoms with E-state index >= 15 is 0 Å². The molecule has 1 aromatic carbocycles. The molecule has 0 spiro atoms. The third kappa shape index (κ3) is 3.96. The minimum absolute atomic E-state index is 0.0807. The molecular formula is C15H14BrIN2O3. The van der Waals surface area contributed by atoms with Crippen molar-refractivity contribution in [2.45, 2.75) is 12.5 Å². The van der Waals surface area contributed by atoms with Crippen molar-refractivity contribution < 1.29 is 9.53 Å². The molecule has 22 heavy (non-hydrogen) atoms. The average molecular weight is 477 g/mol. The van der Waals surface area contributed by atoms with Crippen molar-refractivity contribution in [3.8, 4) is 11.1 Å². The van der Waals surface area contributed by atoms with Crippen LogP contribution in [0.25, 0.3) is 11.1 Å². The molecule has 0 fully saturated rings. The molecule has 0 radical (unpaired) electrons. The largest absolute Gasteiger partial charge is 0.468 e. The molecule has 5 nitrogen and oxygen atoms in total. The first-order chi connectivity index (χ1) is 10.4. The van der Waals surface area contributed by atoms with E-state index in [0.29, 0.717) is 12.0 Å². The number of rotatable bonds is 4. The van der Waals surface area contributed by atoms with Gasteiger partial charge < -0.3 is 10.5 Å². The van der Waals surface area contributed by atoms with E-state index in [1.807, 2.05) is 47.1 Å². The summed E-state index contributed by atoms with van der Waals surface area (Å²) >= 11 is 5.33. The highest BCUT2D eigenvalue weighted by atomic mass is 127. The summed E-state index contributed by atoms with van der Waals surface area (Å²) in [5, 5.41) is 0. The van der Waals surface area contributed by atoms with E-state index in [1.165, 1.54) is 9.89 Å². The van der Waals surface area contributed by atoms with Gasteiger partial charge in [-0.15, -0.1) is 0 Å². The number of hydrogen-bond acceptors (Lipinski definition) is 4. The van der Waals surface area contributed by atoms with Gasteiger partial charge in [0.05, 0.1) is 30.0 Å². The maximum Gasteiger partial charge on any atom is 0.322 e. The van der Waals surface area contributed by atoms with Gasteiger partial charge in [-0.1, -0.05) is 24.3 Å². The highest BCUT2D eigenvalue weighted by molar-refractivity contribution is 14.1. The Labute approximate surface area is 150 Å². The van der Waals surface area contributed by atoms with Gasteiger partial charge in [-0.2, -0.15) is 0 Å². The number of nitrogens with zero attached hydrogens (tertiary/aromatic N) is 1. The summed E-state index contributed by atoms with van der Waals surface area (Å²) in [5.41, 5.74) is 7.98. The lowest BCUT2D eigenvalue weighted by Crippen LogP contribution is -2.33. The Morgan fingerprint density at radius 1 is 1.41 bits per heavy atom. The first-order valence-corrected chi connectivity index (χ1v) is 8.19. The third-order valence-corrected chi connectivity index (χ3v) is 4.32. The van der Waals surface area contributed by atoms with Gasteiger partial charge in [-0.25, -0.2) is 0 Å². The monoisotopic (exact) mass is 476 g/mol. The second-order valence-electron chi connectivity index (χ2n) is 4.72. The van der Waals surface area contributed by atoms with Gasteiger partial charge >= 0.3 is 5.97 Å². The van der Waals surface area contributed by atoms with Gasteiger partial charge in [0.2, 0.25) is 0 Å². The molecule has 0 aliphatic heterocycles. The number of esters is 1. The standard InChI is InChI=1S/C15H14BrIN2O3/c1-22-15(21)13(18)6-9-2-4-10(5-3-9)12-7-11(16)8-19(17)14(12)20/h2-5,7-8,13H,6,18H2,1H3. The van der Waals surface area contributed by atoms with Crippen molar-refractivity contribution >= 4 is 44.8 Å². The Kier molecular flexibility index (Phi) is 5.76. The van der Waals surface area contributed by atoms with E-state index in [9.17, 15) is 9.59 Å². The van der Waals surface area contributed by atoms with Crippen LogP contribution >= 0.6 is 38.8 Å². The first-order valence-electron chi connectivity index (χ1n) is 6.43. The third-order valence-electron chi connectivity index (χ3n) is 3.17. The van der Waals surface area contributed by atoms with E-state index in [0.717, 1.165) is 15.6 Å². The van der Waals surface area contributed by atoms with Gasteiger partial charge in [0.25, 0.3) is 5.56 Å². The Hall–Kier alpha value is -1.19. The van der Waals surface area contributed by atoms with Gasteiger partial charge in [0.1, 0.15) is 6.04 Å². The van der Waals surface area contributed by atoms with E-state index in [1.54, 1.807) is 12.3 Å². The quantitative estimate of drug-likeness (QED) is 0.543. The number of carbonyl (C=O) groups is 1. The number of hydrogen-bond donors (Lipinski definition) is 1. The van der Waals surface area contributed by atoms with E-state index in [-0.39, 0.29) is 5.56 Å². The van der Waals surface area contributed by atoms with E-state index in [2.05, 4.69) is 20.7 Å². The van der Waals surface area contributed by atoms with Gasteiger partial charge in [-0.3, -0.25) is 12.4 Å². The number of pyridine rings is 1. The second kappa shape index (κ2) is 7.38. The van der Waals surface area contributed by atoms with Crippen molar-refractivity contribution in [3.05, 3.63) is 56.9 Å². The van der Waals surface area contributed by atoms with Crippen molar-refractivity contribution in [2.75, 3.05) is 7.11 Å². The van der Waals surface area contributed by atoms with Crippen LogP contribution in [0.1, 0.15) is 5.56 Å². The summed E-state index contributed by atoms with van der Waals surface area (Å²) in [6, 6.07) is 8.50. The van der Waals surface area contributed by atoms with Crippen LogP contribution in [0.2, 0.25) is 0 Å². The van der Waals surface area contributed by atoms with Gasteiger partial charge in [0.15, 0.2) is 0 Å². The smallest absolute Gasteiger partial charge is 0.322 e. The predicted molar refractivity (Wildman–Crippen MR) is 97.0 cm³/mol. The molecule has 1 aromatic heterocycles. The molecular weight excluding hydrogens is 463 g/mol. The molecule has 2 rings (SSSR count). The van der Waals surface area contributed by atoms with Crippen LogP contribution in [0.15, 0.2) is 45.8 Å². The van der Waals surface area contributed by atoms with Crippen LogP contribution in [-0.2, 0) is 16.0 Å². The summed E-state index contributed by atoms with van der Waals surface area (Å²) in [5.74, 6) is -0.441. The number of methoxy groups -OCH3 is 1.